The van der Waals surface area contributed by atoms with E-state index in [9.17, 15) is 5.11 Å². The van der Waals surface area contributed by atoms with E-state index in [1.165, 1.54) is 18.4 Å². The lowest BCUT2D eigenvalue weighted by Gasteiger charge is -2.22. The first kappa shape index (κ1) is 14.1. The van der Waals surface area contributed by atoms with Crippen LogP contribution < -0.4 is 0 Å². The first-order valence-electron chi connectivity index (χ1n) is 7.20. The van der Waals surface area contributed by atoms with Crippen LogP contribution in [0, 0.1) is 0 Å². The van der Waals surface area contributed by atoms with E-state index in [0.717, 1.165) is 30.7 Å². The van der Waals surface area contributed by atoms with Gasteiger partial charge < -0.3 is 9.67 Å². The molecular weight excluding hydrogens is 236 g/mol. The Morgan fingerprint density at radius 1 is 1.11 bits per heavy atom. The van der Waals surface area contributed by atoms with Crippen molar-refractivity contribution in [3.63, 3.8) is 0 Å². The molecule has 0 radical (unpaired) electrons. The highest BCUT2D eigenvalue weighted by atomic mass is 16.3. The van der Waals surface area contributed by atoms with E-state index in [1.54, 1.807) is 0 Å². The summed E-state index contributed by atoms with van der Waals surface area (Å²) < 4.78 is 2.28. The molecule has 0 unspecified atom stereocenters. The highest BCUT2D eigenvalue weighted by Crippen LogP contribution is 2.20. The van der Waals surface area contributed by atoms with Crippen molar-refractivity contribution in [2.24, 2.45) is 0 Å². The van der Waals surface area contributed by atoms with Crippen LogP contribution in [0.15, 0.2) is 30.5 Å². The molecule has 0 aliphatic heterocycles. The lowest BCUT2D eigenvalue weighted by atomic mass is 10.1. The van der Waals surface area contributed by atoms with Gasteiger partial charge in [-0.3, -0.25) is 4.90 Å². The first-order valence-corrected chi connectivity index (χ1v) is 7.20. The van der Waals surface area contributed by atoms with Gasteiger partial charge in [-0.25, -0.2) is 0 Å². The van der Waals surface area contributed by atoms with Crippen molar-refractivity contribution in [2.45, 2.75) is 40.0 Å². The van der Waals surface area contributed by atoms with Crippen molar-refractivity contribution in [2.75, 3.05) is 13.1 Å². The molecule has 0 spiro atoms. The molecule has 3 heteroatoms. The number of aromatic nitrogens is 1. The number of benzene rings is 1. The number of aliphatic hydroxyl groups is 1. The minimum atomic E-state index is 0.106. The Morgan fingerprint density at radius 2 is 1.84 bits per heavy atom. The fraction of sp³-hybridized carbons (Fsp3) is 0.500. The van der Waals surface area contributed by atoms with E-state index >= 15 is 0 Å². The molecule has 0 amide bonds. The topological polar surface area (TPSA) is 28.4 Å². The summed E-state index contributed by atoms with van der Waals surface area (Å²) in [6, 6.07) is 8.25. The van der Waals surface area contributed by atoms with Gasteiger partial charge in [0.05, 0.1) is 13.3 Å². The van der Waals surface area contributed by atoms with Gasteiger partial charge in [-0.15, -0.1) is 0 Å². The molecule has 2 rings (SSSR count). The molecule has 1 N–H and O–H groups in total. The van der Waals surface area contributed by atoms with Crippen molar-refractivity contribution >= 4 is 10.9 Å². The number of hydrogen-bond acceptors (Lipinski definition) is 2. The molecule has 1 aromatic heterocycles. The van der Waals surface area contributed by atoms with Crippen LogP contribution in [0.25, 0.3) is 10.9 Å². The Balaban J connectivity index is 2.25. The Bertz CT molecular complexity index is 512. The molecule has 3 nitrogen and oxygen atoms in total. The molecule has 0 bridgehead atoms. The summed E-state index contributed by atoms with van der Waals surface area (Å²) in [5.74, 6) is 0. The minimum absolute atomic E-state index is 0.106. The molecular formula is C16H24N2O. The monoisotopic (exact) mass is 260 g/mol. The van der Waals surface area contributed by atoms with Gasteiger partial charge >= 0.3 is 0 Å². The van der Waals surface area contributed by atoms with Gasteiger partial charge in [0.15, 0.2) is 0 Å². The second-order valence-corrected chi connectivity index (χ2v) is 5.05. The van der Waals surface area contributed by atoms with Gasteiger partial charge in [0.25, 0.3) is 0 Å². The van der Waals surface area contributed by atoms with Gasteiger partial charge in [0, 0.05) is 17.1 Å². The number of aliphatic hydroxyl groups excluding tert-OH is 1. The maximum atomic E-state index is 9.38. The molecule has 1 heterocycles. The third-order valence-corrected chi connectivity index (χ3v) is 3.51. The maximum Gasteiger partial charge on any atom is 0.0751 e. The van der Waals surface area contributed by atoms with Crippen molar-refractivity contribution < 1.29 is 5.11 Å². The van der Waals surface area contributed by atoms with E-state index in [-0.39, 0.29) is 6.61 Å². The van der Waals surface area contributed by atoms with Crippen LogP contribution in [0.5, 0.6) is 0 Å². The van der Waals surface area contributed by atoms with E-state index in [1.807, 2.05) is 12.1 Å². The van der Waals surface area contributed by atoms with Crippen LogP contribution in [0.3, 0.4) is 0 Å². The lowest BCUT2D eigenvalue weighted by molar-refractivity contribution is 0.222. The van der Waals surface area contributed by atoms with E-state index in [2.05, 4.69) is 41.6 Å². The first-order chi connectivity index (χ1) is 9.30. The highest BCUT2D eigenvalue weighted by molar-refractivity contribution is 5.83. The summed E-state index contributed by atoms with van der Waals surface area (Å²) in [6.07, 6.45) is 4.49. The Labute approximate surface area is 115 Å². The van der Waals surface area contributed by atoms with Gasteiger partial charge in [-0.2, -0.15) is 0 Å². The average molecular weight is 260 g/mol. The summed E-state index contributed by atoms with van der Waals surface area (Å²) in [5.41, 5.74) is 2.22. The van der Waals surface area contributed by atoms with E-state index < -0.39 is 0 Å². The predicted molar refractivity (Wildman–Crippen MR) is 80.0 cm³/mol. The van der Waals surface area contributed by atoms with Crippen molar-refractivity contribution in [3.8, 4) is 0 Å². The molecule has 19 heavy (non-hydrogen) atoms. The SMILES string of the molecule is CCCN(CCC)Cn1ccc2c(CO)cccc21. The molecule has 104 valence electrons. The molecule has 0 saturated heterocycles. The molecule has 0 aliphatic rings. The Kier molecular flexibility index (Phi) is 5.00. The fourth-order valence-corrected chi connectivity index (χ4v) is 2.65. The van der Waals surface area contributed by atoms with Gasteiger partial charge in [0.2, 0.25) is 0 Å². The number of fused-ring (bicyclic) bond motifs is 1. The van der Waals surface area contributed by atoms with Crippen LogP contribution in [0.1, 0.15) is 32.3 Å². The molecule has 0 saturated carbocycles. The molecule has 0 atom stereocenters. The largest absolute Gasteiger partial charge is 0.392 e. The van der Waals surface area contributed by atoms with Gasteiger partial charge in [-0.1, -0.05) is 26.0 Å². The van der Waals surface area contributed by atoms with Crippen LogP contribution in [-0.2, 0) is 13.3 Å². The van der Waals surface area contributed by atoms with Crippen LogP contribution in [0.2, 0.25) is 0 Å². The molecule has 0 aliphatic carbocycles. The second kappa shape index (κ2) is 6.73. The molecule has 1 aromatic carbocycles. The standard InChI is InChI=1S/C16H24N2O/c1-3-9-17(10-4-2)13-18-11-8-15-14(12-19)6-5-7-16(15)18/h5-8,11,19H,3-4,9-10,12-13H2,1-2H3. The van der Waals surface area contributed by atoms with Crippen LogP contribution >= 0.6 is 0 Å². The summed E-state index contributed by atoms with van der Waals surface area (Å²) in [6.45, 7) is 7.75. The maximum absolute atomic E-state index is 9.38. The highest BCUT2D eigenvalue weighted by Gasteiger charge is 2.08. The summed E-state index contributed by atoms with van der Waals surface area (Å²) in [7, 11) is 0. The van der Waals surface area contributed by atoms with Crippen molar-refractivity contribution in [3.05, 3.63) is 36.0 Å². The lowest BCUT2D eigenvalue weighted by Crippen LogP contribution is -2.27. The Morgan fingerprint density at radius 3 is 2.47 bits per heavy atom. The van der Waals surface area contributed by atoms with E-state index in [4.69, 9.17) is 0 Å². The molecule has 0 fully saturated rings. The van der Waals surface area contributed by atoms with Crippen LogP contribution in [0.4, 0.5) is 0 Å². The van der Waals surface area contributed by atoms with Gasteiger partial charge in [-0.05, 0) is 43.6 Å². The Hall–Kier alpha value is -1.32. The quantitative estimate of drug-likeness (QED) is 0.828. The second-order valence-electron chi connectivity index (χ2n) is 5.05. The van der Waals surface area contributed by atoms with Crippen molar-refractivity contribution in [1.29, 1.82) is 0 Å². The van der Waals surface area contributed by atoms with E-state index in [0.29, 0.717) is 0 Å². The smallest absolute Gasteiger partial charge is 0.0751 e. The summed E-state index contributed by atoms with van der Waals surface area (Å²) in [5, 5.41) is 10.5. The predicted octanol–water partition coefficient (Wildman–Crippen LogP) is 3.21. The zero-order valence-corrected chi connectivity index (χ0v) is 12.0. The average Bonchev–Trinajstić information content (AvgIpc) is 2.82. The number of hydrogen-bond donors (Lipinski definition) is 1. The minimum Gasteiger partial charge on any atom is -0.392 e. The zero-order valence-electron chi connectivity index (χ0n) is 12.0. The van der Waals surface area contributed by atoms with Gasteiger partial charge in [0.1, 0.15) is 0 Å². The molecule has 2 aromatic rings. The third kappa shape index (κ3) is 3.17. The van der Waals surface area contributed by atoms with Crippen LogP contribution in [-0.4, -0.2) is 27.7 Å². The summed E-state index contributed by atoms with van der Waals surface area (Å²) >= 11 is 0. The summed E-state index contributed by atoms with van der Waals surface area (Å²) in [4.78, 5) is 2.48. The zero-order chi connectivity index (χ0) is 13.7. The number of nitrogens with zero attached hydrogens (tertiary/aromatic N) is 2. The number of rotatable bonds is 7. The normalized spacial score (nSPS) is 11.6. The third-order valence-electron chi connectivity index (χ3n) is 3.51. The van der Waals surface area contributed by atoms with Crippen molar-refractivity contribution in [1.82, 2.24) is 9.47 Å². The fourth-order valence-electron chi connectivity index (χ4n) is 2.65.